The molecule has 0 spiro atoms. The van der Waals surface area contributed by atoms with Gasteiger partial charge in [0.15, 0.2) is 5.96 Å². The van der Waals surface area contributed by atoms with E-state index >= 15 is 0 Å². The number of carbonyl (C=O) groups is 2. The average molecular weight is 552 g/mol. The lowest BCUT2D eigenvalue weighted by atomic mass is 9.85. The lowest BCUT2D eigenvalue weighted by molar-refractivity contribution is -0.140. The zero-order chi connectivity index (χ0) is 21.8. The molecule has 1 aromatic carbocycles. The summed E-state index contributed by atoms with van der Waals surface area (Å²) in [7, 11) is 3.42. The molecule has 2 amide bonds. The van der Waals surface area contributed by atoms with Crippen molar-refractivity contribution >= 4 is 41.8 Å². The zero-order valence-corrected chi connectivity index (χ0v) is 21.1. The summed E-state index contributed by atoms with van der Waals surface area (Å²) in [6.45, 7) is 1.95. The third kappa shape index (κ3) is 5.10. The second-order valence-electron chi connectivity index (χ2n) is 8.56. The van der Waals surface area contributed by atoms with Crippen molar-refractivity contribution in [1.82, 2.24) is 15.5 Å². The number of fused-ring (bicyclic) bond motifs is 5. The van der Waals surface area contributed by atoms with Crippen LogP contribution in [-0.2, 0) is 16.0 Å². The molecule has 2 N–H and O–H groups in total. The van der Waals surface area contributed by atoms with E-state index in [0.29, 0.717) is 19.5 Å². The van der Waals surface area contributed by atoms with Gasteiger partial charge in [-0.25, -0.2) is 0 Å². The summed E-state index contributed by atoms with van der Waals surface area (Å²) in [5, 5.41) is 6.60. The predicted octanol–water partition coefficient (Wildman–Crippen LogP) is 2.61. The minimum atomic E-state index is -0.101. The minimum Gasteiger partial charge on any atom is -0.497 e. The summed E-state index contributed by atoms with van der Waals surface area (Å²) in [6, 6.07) is 8.13. The first kappa shape index (κ1) is 24.5. The third-order valence-corrected chi connectivity index (χ3v) is 6.73. The Morgan fingerprint density at radius 1 is 1.03 bits per heavy atom. The molecule has 2 aliphatic carbocycles. The van der Waals surface area contributed by atoms with Gasteiger partial charge in [0.1, 0.15) is 5.75 Å². The van der Waals surface area contributed by atoms with Crippen LogP contribution in [0.4, 0.5) is 0 Å². The van der Waals surface area contributed by atoms with Crippen molar-refractivity contribution in [2.24, 2.45) is 28.7 Å². The number of allylic oxidation sites excluding steroid dienone is 2. The second-order valence-corrected chi connectivity index (χ2v) is 8.56. The number of benzene rings is 1. The highest BCUT2D eigenvalue weighted by Gasteiger charge is 2.58. The van der Waals surface area contributed by atoms with Crippen molar-refractivity contribution in [1.29, 1.82) is 0 Å². The maximum atomic E-state index is 12.7. The number of amides is 2. The molecule has 1 saturated heterocycles. The molecule has 174 valence electrons. The van der Waals surface area contributed by atoms with Crippen LogP contribution in [0.1, 0.15) is 24.8 Å². The number of ether oxygens (including phenoxy) is 1. The molecule has 32 heavy (non-hydrogen) atoms. The first-order valence-electron chi connectivity index (χ1n) is 11.2. The second kappa shape index (κ2) is 11.2. The largest absolute Gasteiger partial charge is 0.497 e. The Labute approximate surface area is 207 Å². The molecule has 3 aliphatic rings. The summed E-state index contributed by atoms with van der Waals surface area (Å²) in [6.07, 6.45) is 7.92. The molecule has 0 radical (unpaired) electrons. The minimum absolute atomic E-state index is 0. The van der Waals surface area contributed by atoms with Gasteiger partial charge in [0.05, 0.1) is 18.9 Å². The zero-order valence-electron chi connectivity index (χ0n) is 18.8. The van der Waals surface area contributed by atoms with Crippen LogP contribution in [0.5, 0.6) is 5.75 Å². The van der Waals surface area contributed by atoms with Gasteiger partial charge in [-0.1, -0.05) is 24.3 Å². The Kier molecular flexibility index (Phi) is 8.56. The van der Waals surface area contributed by atoms with Crippen LogP contribution in [0, 0.1) is 23.7 Å². The normalized spacial score (nSPS) is 25.7. The number of hydrogen-bond donors (Lipinski definition) is 2. The molecule has 1 saturated carbocycles. The smallest absolute Gasteiger partial charge is 0.233 e. The number of likely N-dealkylation sites (tertiary alicyclic amines) is 1. The SMILES string of the molecule is CN=C(NCCCc1ccc(OC)cc1)NCCCN1C(=O)C2C3C=CC(C3)C2C1=O.I. The van der Waals surface area contributed by atoms with E-state index in [1.54, 1.807) is 14.2 Å². The highest BCUT2D eigenvalue weighted by atomic mass is 127. The number of imide groups is 1. The Balaban J connectivity index is 0.00000289. The van der Waals surface area contributed by atoms with Crippen LogP contribution in [-0.4, -0.2) is 56.5 Å². The molecule has 0 aromatic heterocycles. The molecule has 4 rings (SSSR count). The Morgan fingerprint density at radius 3 is 2.19 bits per heavy atom. The molecule has 7 nitrogen and oxygen atoms in total. The number of methoxy groups -OCH3 is 1. The van der Waals surface area contributed by atoms with Gasteiger partial charge in [0.25, 0.3) is 0 Å². The van der Waals surface area contributed by atoms with Crippen LogP contribution < -0.4 is 15.4 Å². The van der Waals surface area contributed by atoms with E-state index in [4.69, 9.17) is 4.74 Å². The lowest BCUT2D eigenvalue weighted by Crippen LogP contribution is -2.40. The molecule has 1 heterocycles. The Hall–Kier alpha value is -2.10. The molecule has 4 unspecified atom stereocenters. The van der Waals surface area contributed by atoms with Gasteiger partial charge < -0.3 is 15.4 Å². The molecule has 4 atom stereocenters. The summed E-state index contributed by atoms with van der Waals surface area (Å²) in [5.41, 5.74) is 1.28. The van der Waals surface area contributed by atoms with Gasteiger partial charge in [-0.2, -0.15) is 0 Å². The van der Waals surface area contributed by atoms with Crippen molar-refractivity contribution in [3.8, 4) is 5.75 Å². The summed E-state index contributed by atoms with van der Waals surface area (Å²) >= 11 is 0. The Morgan fingerprint density at radius 2 is 1.62 bits per heavy atom. The number of nitrogens with zero attached hydrogens (tertiary/aromatic N) is 2. The van der Waals surface area contributed by atoms with Gasteiger partial charge in [-0.05, 0) is 55.2 Å². The molecular weight excluding hydrogens is 519 g/mol. The van der Waals surface area contributed by atoms with Gasteiger partial charge >= 0.3 is 0 Å². The number of carbonyl (C=O) groups excluding carboxylic acids is 2. The number of guanidine groups is 1. The number of aliphatic imine (C=N–C) groups is 1. The quantitative estimate of drug-likeness (QED) is 0.123. The summed E-state index contributed by atoms with van der Waals surface area (Å²) in [5.74, 6) is 2.03. The topological polar surface area (TPSA) is 83.0 Å². The Bertz CT molecular complexity index is 841. The number of halogens is 1. The van der Waals surface area contributed by atoms with Crippen LogP contribution in [0.15, 0.2) is 41.4 Å². The first-order chi connectivity index (χ1) is 15.1. The van der Waals surface area contributed by atoms with Gasteiger partial charge in [0.2, 0.25) is 11.8 Å². The molecule has 2 fully saturated rings. The number of aryl methyl sites for hydroxylation is 1. The van der Waals surface area contributed by atoms with Crippen molar-refractivity contribution in [2.75, 3.05) is 33.8 Å². The van der Waals surface area contributed by atoms with Crippen molar-refractivity contribution in [3.63, 3.8) is 0 Å². The van der Waals surface area contributed by atoms with Crippen LogP contribution in [0.3, 0.4) is 0 Å². The highest BCUT2D eigenvalue weighted by Crippen LogP contribution is 2.52. The lowest BCUT2D eigenvalue weighted by Gasteiger charge is -2.18. The molecule has 1 aromatic rings. The van der Waals surface area contributed by atoms with E-state index in [1.807, 2.05) is 12.1 Å². The van der Waals surface area contributed by atoms with E-state index in [0.717, 1.165) is 37.5 Å². The van der Waals surface area contributed by atoms with Crippen molar-refractivity contribution in [3.05, 3.63) is 42.0 Å². The molecule has 1 aliphatic heterocycles. The third-order valence-electron chi connectivity index (χ3n) is 6.73. The van der Waals surface area contributed by atoms with Crippen molar-refractivity contribution < 1.29 is 14.3 Å². The van der Waals surface area contributed by atoms with Crippen molar-refractivity contribution in [2.45, 2.75) is 25.7 Å². The van der Waals surface area contributed by atoms with Gasteiger partial charge in [-0.3, -0.25) is 19.5 Å². The van der Waals surface area contributed by atoms with Crippen LogP contribution in [0.2, 0.25) is 0 Å². The van der Waals surface area contributed by atoms with E-state index in [-0.39, 0.29) is 59.5 Å². The maximum absolute atomic E-state index is 12.7. The fraction of sp³-hybridized carbons (Fsp3) is 0.542. The van der Waals surface area contributed by atoms with Crippen LogP contribution in [0.25, 0.3) is 0 Å². The predicted molar refractivity (Wildman–Crippen MR) is 135 cm³/mol. The van der Waals surface area contributed by atoms with E-state index in [1.165, 1.54) is 10.5 Å². The highest BCUT2D eigenvalue weighted by molar-refractivity contribution is 14.0. The van der Waals surface area contributed by atoms with Gasteiger partial charge in [0, 0.05) is 26.7 Å². The molecule has 2 bridgehead atoms. The average Bonchev–Trinajstić information content (AvgIpc) is 3.48. The fourth-order valence-electron chi connectivity index (χ4n) is 5.14. The standard InChI is InChI=1S/C24H32N4O3.HI/c1-25-24(26-12-3-5-16-6-10-19(31-2)11-7-16)27-13-4-14-28-22(29)20-17-8-9-18(15-17)21(20)23(28)30;/h6-11,17-18,20-21H,3-5,12-15H2,1-2H3,(H2,25,26,27);1H. The van der Waals surface area contributed by atoms with E-state index < -0.39 is 0 Å². The number of nitrogens with one attached hydrogen (secondary N) is 2. The van der Waals surface area contributed by atoms with E-state index in [2.05, 4.69) is 39.9 Å². The fourth-order valence-corrected chi connectivity index (χ4v) is 5.14. The maximum Gasteiger partial charge on any atom is 0.233 e. The van der Waals surface area contributed by atoms with Crippen LogP contribution >= 0.6 is 24.0 Å². The molecular formula is C24H33IN4O3. The summed E-state index contributed by atoms with van der Waals surface area (Å²) in [4.78, 5) is 31.2. The monoisotopic (exact) mass is 552 g/mol. The first-order valence-corrected chi connectivity index (χ1v) is 11.2. The van der Waals surface area contributed by atoms with E-state index in [9.17, 15) is 9.59 Å². The number of rotatable bonds is 9. The molecule has 8 heteroatoms. The number of hydrogen-bond acceptors (Lipinski definition) is 4. The van der Waals surface area contributed by atoms with Gasteiger partial charge in [-0.15, -0.1) is 24.0 Å². The summed E-state index contributed by atoms with van der Waals surface area (Å²) < 4.78 is 5.18.